The normalized spacial score (nSPS) is 22.7. The molecule has 5 heteroatoms. The number of carbonyl (C=O) groups is 1. The Balaban J connectivity index is 2.28. The SMILES string of the molecule is CC1CNCCN1CC(=O)NCC#N. The van der Waals surface area contributed by atoms with Crippen LogP contribution in [0.4, 0.5) is 0 Å². The lowest BCUT2D eigenvalue weighted by molar-refractivity contribution is -0.122. The van der Waals surface area contributed by atoms with Crippen LogP contribution < -0.4 is 10.6 Å². The summed E-state index contributed by atoms with van der Waals surface area (Å²) in [5.41, 5.74) is 0. The highest BCUT2D eigenvalue weighted by atomic mass is 16.2. The highest BCUT2D eigenvalue weighted by Gasteiger charge is 2.19. The Kier molecular flexibility index (Phi) is 4.36. The lowest BCUT2D eigenvalue weighted by Gasteiger charge is -2.33. The summed E-state index contributed by atoms with van der Waals surface area (Å²) in [6.07, 6.45) is 0. The number of hydrogen-bond donors (Lipinski definition) is 2. The van der Waals surface area contributed by atoms with Gasteiger partial charge in [0.05, 0.1) is 12.6 Å². The molecule has 1 aliphatic rings. The Labute approximate surface area is 84.1 Å². The van der Waals surface area contributed by atoms with E-state index in [0.29, 0.717) is 12.6 Å². The van der Waals surface area contributed by atoms with Crippen LogP contribution in [0.25, 0.3) is 0 Å². The summed E-state index contributed by atoms with van der Waals surface area (Å²) in [5, 5.41) is 14.1. The lowest BCUT2D eigenvalue weighted by atomic mass is 10.2. The lowest BCUT2D eigenvalue weighted by Crippen LogP contribution is -2.52. The van der Waals surface area contributed by atoms with E-state index < -0.39 is 0 Å². The topological polar surface area (TPSA) is 68.2 Å². The molecule has 1 saturated heterocycles. The van der Waals surface area contributed by atoms with Crippen molar-refractivity contribution in [1.29, 1.82) is 5.26 Å². The van der Waals surface area contributed by atoms with Gasteiger partial charge in [-0.05, 0) is 6.92 Å². The minimum absolute atomic E-state index is 0.0692. The van der Waals surface area contributed by atoms with E-state index in [1.54, 1.807) is 0 Å². The van der Waals surface area contributed by atoms with Gasteiger partial charge in [-0.3, -0.25) is 9.69 Å². The zero-order valence-electron chi connectivity index (χ0n) is 8.42. The molecule has 1 amide bonds. The van der Waals surface area contributed by atoms with E-state index in [1.807, 2.05) is 6.07 Å². The molecule has 0 radical (unpaired) electrons. The van der Waals surface area contributed by atoms with Crippen molar-refractivity contribution in [1.82, 2.24) is 15.5 Å². The summed E-state index contributed by atoms with van der Waals surface area (Å²) in [7, 11) is 0. The molecule has 0 aliphatic carbocycles. The van der Waals surface area contributed by atoms with Gasteiger partial charge >= 0.3 is 0 Å². The smallest absolute Gasteiger partial charge is 0.235 e. The average molecular weight is 196 g/mol. The molecule has 14 heavy (non-hydrogen) atoms. The number of hydrogen-bond acceptors (Lipinski definition) is 4. The summed E-state index contributed by atoms with van der Waals surface area (Å²) in [5.74, 6) is -0.0692. The fourth-order valence-corrected chi connectivity index (χ4v) is 1.50. The van der Waals surface area contributed by atoms with Crippen molar-refractivity contribution in [2.45, 2.75) is 13.0 Å². The minimum atomic E-state index is -0.0692. The van der Waals surface area contributed by atoms with Crippen LogP contribution in [0.5, 0.6) is 0 Å². The van der Waals surface area contributed by atoms with Gasteiger partial charge in [-0.15, -0.1) is 0 Å². The number of carbonyl (C=O) groups excluding carboxylic acids is 1. The molecule has 1 fully saturated rings. The van der Waals surface area contributed by atoms with Crippen LogP contribution in [0, 0.1) is 11.3 Å². The Morgan fingerprint density at radius 3 is 3.21 bits per heavy atom. The van der Waals surface area contributed by atoms with E-state index in [9.17, 15) is 4.79 Å². The molecular formula is C9H16N4O. The average Bonchev–Trinajstić information content (AvgIpc) is 2.18. The molecule has 0 bridgehead atoms. The second-order valence-electron chi connectivity index (χ2n) is 3.46. The van der Waals surface area contributed by atoms with Gasteiger partial charge in [0.1, 0.15) is 6.54 Å². The Morgan fingerprint density at radius 1 is 1.79 bits per heavy atom. The van der Waals surface area contributed by atoms with Crippen molar-refractivity contribution >= 4 is 5.91 Å². The van der Waals surface area contributed by atoms with Crippen molar-refractivity contribution in [3.8, 4) is 6.07 Å². The zero-order valence-corrected chi connectivity index (χ0v) is 8.42. The fraction of sp³-hybridized carbons (Fsp3) is 0.778. The first-order chi connectivity index (χ1) is 6.74. The molecule has 0 saturated carbocycles. The number of nitrogens with zero attached hydrogens (tertiary/aromatic N) is 2. The van der Waals surface area contributed by atoms with Crippen LogP contribution in [0.3, 0.4) is 0 Å². The molecule has 1 aliphatic heterocycles. The first-order valence-electron chi connectivity index (χ1n) is 4.82. The highest BCUT2D eigenvalue weighted by Crippen LogP contribution is 2.00. The summed E-state index contributed by atoms with van der Waals surface area (Å²) < 4.78 is 0. The van der Waals surface area contributed by atoms with Crippen molar-refractivity contribution in [2.24, 2.45) is 0 Å². The quantitative estimate of drug-likeness (QED) is 0.563. The second-order valence-corrected chi connectivity index (χ2v) is 3.46. The van der Waals surface area contributed by atoms with Gasteiger partial charge in [0.15, 0.2) is 0 Å². The third kappa shape index (κ3) is 3.32. The number of nitriles is 1. The minimum Gasteiger partial charge on any atom is -0.342 e. The second kappa shape index (κ2) is 5.58. The van der Waals surface area contributed by atoms with Gasteiger partial charge in [0.25, 0.3) is 0 Å². The van der Waals surface area contributed by atoms with E-state index in [4.69, 9.17) is 5.26 Å². The van der Waals surface area contributed by atoms with Crippen LogP contribution in [-0.2, 0) is 4.79 Å². The summed E-state index contributed by atoms with van der Waals surface area (Å²) in [4.78, 5) is 13.4. The van der Waals surface area contributed by atoms with Gasteiger partial charge in [-0.25, -0.2) is 0 Å². The zero-order chi connectivity index (χ0) is 10.4. The molecule has 1 heterocycles. The summed E-state index contributed by atoms with van der Waals surface area (Å²) >= 11 is 0. The fourth-order valence-electron chi connectivity index (χ4n) is 1.50. The molecule has 5 nitrogen and oxygen atoms in total. The highest BCUT2D eigenvalue weighted by molar-refractivity contribution is 5.78. The maximum atomic E-state index is 11.3. The number of rotatable bonds is 3. The molecular weight excluding hydrogens is 180 g/mol. The van der Waals surface area contributed by atoms with Crippen LogP contribution in [0.1, 0.15) is 6.92 Å². The molecule has 0 aromatic heterocycles. The molecule has 1 unspecified atom stereocenters. The first-order valence-corrected chi connectivity index (χ1v) is 4.82. The van der Waals surface area contributed by atoms with Crippen molar-refractivity contribution in [3.05, 3.63) is 0 Å². The number of nitrogens with one attached hydrogen (secondary N) is 2. The maximum absolute atomic E-state index is 11.3. The maximum Gasteiger partial charge on any atom is 0.235 e. The Morgan fingerprint density at radius 2 is 2.57 bits per heavy atom. The molecule has 0 spiro atoms. The third-order valence-electron chi connectivity index (χ3n) is 2.35. The molecule has 78 valence electrons. The summed E-state index contributed by atoms with van der Waals surface area (Å²) in [6, 6.07) is 2.27. The van der Waals surface area contributed by atoms with Gasteiger partial charge in [0, 0.05) is 25.7 Å². The molecule has 2 N–H and O–H groups in total. The van der Waals surface area contributed by atoms with E-state index in [2.05, 4.69) is 22.5 Å². The van der Waals surface area contributed by atoms with Crippen LogP contribution in [0.15, 0.2) is 0 Å². The first kappa shape index (κ1) is 11.0. The van der Waals surface area contributed by atoms with E-state index >= 15 is 0 Å². The van der Waals surface area contributed by atoms with Gasteiger partial charge in [0.2, 0.25) is 5.91 Å². The van der Waals surface area contributed by atoms with Gasteiger partial charge < -0.3 is 10.6 Å². The van der Waals surface area contributed by atoms with Crippen molar-refractivity contribution in [3.63, 3.8) is 0 Å². The van der Waals surface area contributed by atoms with E-state index in [-0.39, 0.29) is 12.5 Å². The van der Waals surface area contributed by atoms with E-state index in [1.165, 1.54) is 0 Å². The van der Waals surface area contributed by atoms with Gasteiger partial charge in [-0.1, -0.05) is 0 Å². The predicted molar refractivity (Wildman–Crippen MR) is 52.5 cm³/mol. The summed E-state index contributed by atoms with van der Waals surface area (Å²) in [6.45, 7) is 5.32. The van der Waals surface area contributed by atoms with Crippen molar-refractivity contribution in [2.75, 3.05) is 32.7 Å². The molecule has 1 atom stereocenters. The predicted octanol–water partition coefficient (Wildman–Crippen LogP) is -1.08. The van der Waals surface area contributed by atoms with E-state index in [0.717, 1.165) is 19.6 Å². The third-order valence-corrected chi connectivity index (χ3v) is 2.35. The number of piperazine rings is 1. The van der Waals surface area contributed by atoms with Gasteiger partial charge in [-0.2, -0.15) is 5.26 Å². The number of amides is 1. The standard InChI is InChI=1S/C9H16N4O/c1-8-6-11-4-5-13(8)7-9(14)12-3-2-10/h8,11H,3-7H2,1H3,(H,12,14). The largest absolute Gasteiger partial charge is 0.342 e. The van der Waals surface area contributed by atoms with Crippen LogP contribution >= 0.6 is 0 Å². The molecule has 0 aromatic carbocycles. The Bertz CT molecular complexity index is 235. The van der Waals surface area contributed by atoms with Crippen LogP contribution in [-0.4, -0.2) is 49.6 Å². The Hall–Kier alpha value is -1.12. The molecule has 1 rings (SSSR count). The molecule has 0 aromatic rings. The van der Waals surface area contributed by atoms with Crippen LogP contribution in [0.2, 0.25) is 0 Å². The monoisotopic (exact) mass is 196 g/mol. The van der Waals surface area contributed by atoms with Crippen molar-refractivity contribution < 1.29 is 4.79 Å².